The minimum absolute atomic E-state index is 0.229. The van der Waals surface area contributed by atoms with Crippen molar-refractivity contribution in [1.29, 1.82) is 0 Å². The fourth-order valence-corrected chi connectivity index (χ4v) is 2.27. The van der Waals surface area contributed by atoms with Gasteiger partial charge in [-0.15, -0.1) is 0 Å². The SMILES string of the molecule is CNC(C)c1cccc(NC(=O)Nc2ccsc2)c1. The molecular formula is C14H17N3OS. The largest absolute Gasteiger partial charge is 0.323 e. The van der Waals surface area contributed by atoms with Gasteiger partial charge in [0.15, 0.2) is 0 Å². The Kier molecular flexibility index (Phi) is 4.54. The van der Waals surface area contributed by atoms with Crippen LogP contribution in [0.5, 0.6) is 0 Å². The highest BCUT2D eigenvalue weighted by molar-refractivity contribution is 7.08. The maximum atomic E-state index is 11.8. The Morgan fingerprint density at radius 1 is 1.21 bits per heavy atom. The molecule has 2 aromatic rings. The maximum absolute atomic E-state index is 11.8. The van der Waals surface area contributed by atoms with Gasteiger partial charge in [0.25, 0.3) is 0 Å². The number of thiophene rings is 1. The van der Waals surface area contributed by atoms with Crippen LogP contribution in [0.25, 0.3) is 0 Å². The smallest absolute Gasteiger partial charge is 0.313 e. The first-order valence-corrected chi connectivity index (χ1v) is 7.01. The second-order valence-electron chi connectivity index (χ2n) is 4.23. The molecule has 0 saturated heterocycles. The van der Waals surface area contributed by atoms with Gasteiger partial charge in [0, 0.05) is 17.1 Å². The summed E-state index contributed by atoms with van der Waals surface area (Å²) in [5.41, 5.74) is 2.73. The highest BCUT2D eigenvalue weighted by Crippen LogP contribution is 2.17. The van der Waals surface area contributed by atoms with E-state index in [0.717, 1.165) is 16.9 Å². The Bertz CT molecular complexity index is 539. The van der Waals surface area contributed by atoms with Crippen molar-refractivity contribution in [1.82, 2.24) is 5.32 Å². The zero-order valence-electron chi connectivity index (χ0n) is 10.9. The summed E-state index contributed by atoms with van der Waals surface area (Å²) in [6.45, 7) is 2.07. The van der Waals surface area contributed by atoms with Crippen molar-refractivity contribution in [3.05, 3.63) is 46.7 Å². The van der Waals surface area contributed by atoms with E-state index in [1.54, 1.807) is 11.3 Å². The zero-order chi connectivity index (χ0) is 13.7. The number of benzene rings is 1. The molecule has 2 rings (SSSR count). The van der Waals surface area contributed by atoms with Crippen LogP contribution in [-0.2, 0) is 0 Å². The van der Waals surface area contributed by atoms with E-state index in [1.165, 1.54) is 0 Å². The second-order valence-corrected chi connectivity index (χ2v) is 5.01. The molecule has 1 heterocycles. The van der Waals surface area contributed by atoms with Gasteiger partial charge < -0.3 is 16.0 Å². The molecule has 0 fully saturated rings. The van der Waals surface area contributed by atoms with Crippen LogP contribution in [0.3, 0.4) is 0 Å². The monoisotopic (exact) mass is 275 g/mol. The van der Waals surface area contributed by atoms with Crippen molar-refractivity contribution in [3.8, 4) is 0 Å². The van der Waals surface area contributed by atoms with Gasteiger partial charge in [0.2, 0.25) is 0 Å². The van der Waals surface area contributed by atoms with Crippen molar-refractivity contribution in [2.24, 2.45) is 0 Å². The summed E-state index contributed by atoms with van der Waals surface area (Å²) in [4.78, 5) is 11.8. The fourth-order valence-electron chi connectivity index (χ4n) is 1.68. The van der Waals surface area contributed by atoms with Crippen molar-refractivity contribution >= 4 is 28.7 Å². The molecule has 1 aromatic heterocycles. The number of hydrogen-bond acceptors (Lipinski definition) is 3. The normalized spacial score (nSPS) is 11.9. The summed E-state index contributed by atoms with van der Waals surface area (Å²) in [7, 11) is 1.91. The third-order valence-electron chi connectivity index (χ3n) is 2.86. The van der Waals surface area contributed by atoms with Crippen LogP contribution in [0, 0.1) is 0 Å². The quantitative estimate of drug-likeness (QED) is 0.797. The second kappa shape index (κ2) is 6.36. The summed E-state index contributed by atoms with van der Waals surface area (Å²) < 4.78 is 0. The third-order valence-corrected chi connectivity index (χ3v) is 3.54. The first-order chi connectivity index (χ1) is 9.19. The molecule has 1 aromatic carbocycles. The number of hydrogen-bond donors (Lipinski definition) is 3. The molecule has 0 saturated carbocycles. The van der Waals surface area contributed by atoms with E-state index < -0.39 is 0 Å². The van der Waals surface area contributed by atoms with Crippen LogP contribution in [0.4, 0.5) is 16.2 Å². The Morgan fingerprint density at radius 3 is 2.68 bits per heavy atom. The number of carbonyl (C=O) groups excluding carboxylic acids is 1. The van der Waals surface area contributed by atoms with Gasteiger partial charge >= 0.3 is 6.03 Å². The Balaban J connectivity index is 2.00. The average Bonchev–Trinajstić information content (AvgIpc) is 2.90. The van der Waals surface area contributed by atoms with Crippen LogP contribution in [0.1, 0.15) is 18.5 Å². The summed E-state index contributed by atoms with van der Waals surface area (Å²) in [6, 6.07) is 9.69. The molecule has 3 N–H and O–H groups in total. The summed E-state index contributed by atoms with van der Waals surface area (Å²) in [6.07, 6.45) is 0. The Hall–Kier alpha value is -1.85. The molecule has 0 spiro atoms. The molecule has 0 aliphatic heterocycles. The molecule has 100 valence electrons. The highest BCUT2D eigenvalue weighted by atomic mass is 32.1. The number of carbonyl (C=O) groups is 1. The van der Waals surface area contributed by atoms with Crippen LogP contribution in [0.2, 0.25) is 0 Å². The van der Waals surface area contributed by atoms with Gasteiger partial charge in [0.05, 0.1) is 5.69 Å². The van der Waals surface area contributed by atoms with E-state index in [-0.39, 0.29) is 12.1 Å². The van der Waals surface area contributed by atoms with Gasteiger partial charge in [-0.25, -0.2) is 4.79 Å². The van der Waals surface area contributed by atoms with Crippen LogP contribution in [0.15, 0.2) is 41.1 Å². The molecule has 0 aliphatic carbocycles. The Morgan fingerprint density at radius 2 is 2.00 bits per heavy atom. The van der Waals surface area contributed by atoms with Gasteiger partial charge in [-0.3, -0.25) is 0 Å². The minimum Gasteiger partial charge on any atom is -0.313 e. The lowest BCUT2D eigenvalue weighted by molar-refractivity contribution is 0.262. The lowest BCUT2D eigenvalue weighted by Crippen LogP contribution is -2.19. The summed E-state index contributed by atoms with van der Waals surface area (Å²) >= 11 is 1.55. The summed E-state index contributed by atoms with van der Waals surface area (Å²) in [5.74, 6) is 0. The first-order valence-electron chi connectivity index (χ1n) is 6.06. The number of urea groups is 1. The average molecular weight is 275 g/mol. The van der Waals surface area contributed by atoms with Gasteiger partial charge in [-0.2, -0.15) is 11.3 Å². The predicted octanol–water partition coefficient (Wildman–Crippen LogP) is 3.67. The van der Waals surface area contributed by atoms with E-state index >= 15 is 0 Å². The van der Waals surface area contributed by atoms with Crippen LogP contribution >= 0.6 is 11.3 Å². The molecule has 4 nitrogen and oxygen atoms in total. The number of nitrogens with one attached hydrogen (secondary N) is 3. The topological polar surface area (TPSA) is 53.2 Å². The van der Waals surface area contributed by atoms with E-state index in [9.17, 15) is 4.79 Å². The van der Waals surface area contributed by atoms with E-state index in [2.05, 4.69) is 22.9 Å². The molecule has 0 radical (unpaired) electrons. The maximum Gasteiger partial charge on any atom is 0.323 e. The van der Waals surface area contributed by atoms with Gasteiger partial charge in [-0.1, -0.05) is 12.1 Å². The lowest BCUT2D eigenvalue weighted by atomic mass is 10.1. The van der Waals surface area contributed by atoms with Crippen molar-refractivity contribution in [3.63, 3.8) is 0 Å². The van der Waals surface area contributed by atoms with Crippen LogP contribution < -0.4 is 16.0 Å². The lowest BCUT2D eigenvalue weighted by Gasteiger charge is -2.12. The van der Waals surface area contributed by atoms with Gasteiger partial charge in [0.1, 0.15) is 0 Å². The van der Waals surface area contributed by atoms with Crippen molar-refractivity contribution in [2.45, 2.75) is 13.0 Å². The Labute approximate surface area is 116 Å². The summed E-state index contributed by atoms with van der Waals surface area (Å²) in [5, 5.41) is 12.6. The number of anilines is 2. The molecule has 5 heteroatoms. The standard InChI is InChI=1S/C14H17N3OS/c1-10(15-2)11-4-3-5-12(8-11)16-14(18)17-13-6-7-19-9-13/h3-10,15H,1-2H3,(H2,16,17,18). The molecule has 0 bridgehead atoms. The predicted molar refractivity (Wildman–Crippen MR) is 80.9 cm³/mol. The molecule has 1 unspecified atom stereocenters. The number of amides is 2. The minimum atomic E-state index is -0.229. The van der Waals surface area contributed by atoms with Crippen LogP contribution in [-0.4, -0.2) is 13.1 Å². The molecular weight excluding hydrogens is 258 g/mol. The molecule has 1 atom stereocenters. The van der Waals surface area contributed by atoms with Crippen molar-refractivity contribution in [2.75, 3.05) is 17.7 Å². The highest BCUT2D eigenvalue weighted by Gasteiger charge is 2.06. The first kappa shape index (κ1) is 13.6. The third kappa shape index (κ3) is 3.81. The fraction of sp³-hybridized carbons (Fsp3) is 0.214. The van der Waals surface area contributed by atoms with E-state index in [4.69, 9.17) is 0 Å². The van der Waals surface area contributed by atoms with Crippen molar-refractivity contribution < 1.29 is 4.79 Å². The van der Waals surface area contributed by atoms with Gasteiger partial charge in [-0.05, 0) is 43.1 Å². The molecule has 19 heavy (non-hydrogen) atoms. The number of rotatable bonds is 4. The molecule has 0 aliphatic rings. The molecule has 2 amide bonds. The van der Waals surface area contributed by atoms with E-state index in [1.807, 2.05) is 48.1 Å². The zero-order valence-corrected chi connectivity index (χ0v) is 11.8. The van der Waals surface area contributed by atoms with E-state index in [0.29, 0.717) is 0 Å².